The van der Waals surface area contributed by atoms with Gasteiger partial charge in [-0.2, -0.15) is 4.98 Å². The summed E-state index contributed by atoms with van der Waals surface area (Å²) in [5.41, 5.74) is 14.4. The molecule has 6 N–H and O–H groups in total. The molecule has 0 saturated heterocycles. The first-order valence-corrected chi connectivity index (χ1v) is 9.54. The standard InChI is InChI=1S/C18H21N7O2S/c1-9(2)5-13(16(20)27)24-18-21-7-11(15(19)26)17(25-18)23-10-3-4-12-14(6-10)28-8-22-12/h3-4,6-9,13H,5H2,1-2H3,(H2,19,26)(H2,20,27)(H2,21,23,24,25)/t13-/m1/s1. The molecule has 0 spiro atoms. The second-order valence-corrected chi connectivity index (χ2v) is 7.60. The highest BCUT2D eigenvalue weighted by Gasteiger charge is 2.19. The Morgan fingerprint density at radius 3 is 2.68 bits per heavy atom. The Bertz CT molecular complexity index is 1020. The van der Waals surface area contributed by atoms with Crippen LogP contribution in [0.5, 0.6) is 0 Å². The van der Waals surface area contributed by atoms with Gasteiger partial charge in [0.25, 0.3) is 5.91 Å². The van der Waals surface area contributed by atoms with Crippen LogP contribution in [0.2, 0.25) is 0 Å². The molecule has 0 saturated carbocycles. The van der Waals surface area contributed by atoms with E-state index >= 15 is 0 Å². The maximum absolute atomic E-state index is 11.8. The first kappa shape index (κ1) is 19.5. The fourth-order valence-corrected chi connectivity index (χ4v) is 3.39. The number of carbonyl (C=O) groups excluding carboxylic acids is 2. The molecule has 3 rings (SSSR count). The molecule has 0 radical (unpaired) electrons. The van der Waals surface area contributed by atoms with Gasteiger partial charge in [0.1, 0.15) is 17.4 Å². The minimum absolute atomic E-state index is 0.134. The zero-order chi connectivity index (χ0) is 20.3. The van der Waals surface area contributed by atoms with Gasteiger partial charge in [0, 0.05) is 11.9 Å². The van der Waals surface area contributed by atoms with Crippen LogP contribution in [-0.2, 0) is 4.79 Å². The number of thiazole rings is 1. The smallest absolute Gasteiger partial charge is 0.254 e. The Labute approximate surface area is 165 Å². The zero-order valence-electron chi connectivity index (χ0n) is 15.5. The van der Waals surface area contributed by atoms with E-state index in [1.54, 1.807) is 5.51 Å². The minimum Gasteiger partial charge on any atom is -0.368 e. The van der Waals surface area contributed by atoms with Crippen molar-refractivity contribution >= 4 is 50.8 Å². The molecule has 1 atom stereocenters. The number of anilines is 3. The number of nitrogens with two attached hydrogens (primary N) is 2. The van der Waals surface area contributed by atoms with Gasteiger partial charge in [0.15, 0.2) is 0 Å². The molecule has 0 aliphatic heterocycles. The molecule has 2 heterocycles. The monoisotopic (exact) mass is 399 g/mol. The van der Waals surface area contributed by atoms with Gasteiger partial charge >= 0.3 is 0 Å². The molecular weight excluding hydrogens is 378 g/mol. The molecule has 0 bridgehead atoms. The lowest BCUT2D eigenvalue weighted by Gasteiger charge is -2.18. The molecule has 146 valence electrons. The molecular formula is C18H21N7O2S. The third-order valence-electron chi connectivity index (χ3n) is 4.00. The number of carbonyl (C=O) groups is 2. The summed E-state index contributed by atoms with van der Waals surface area (Å²) in [6.07, 6.45) is 1.85. The number of benzene rings is 1. The third kappa shape index (κ3) is 4.52. The molecule has 28 heavy (non-hydrogen) atoms. The SMILES string of the molecule is CC(C)C[C@@H](Nc1ncc(C(N)=O)c(Nc2ccc3ncsc3c2)n1)C(N)=O. The van der Waals surface area contributed by atoms with E-state index in [0.717, 1.165) is 15.9 Å². The molecule has 2 amide bonds. The van der Waals surface area contributed by atoms with Crippen LogP contribution in [0.3, 0.4) is 0 Å². The summed E-state index contributed by atoms with van der Waals surface area (Å²) >= 11 is 1.50. The number of hydrogen-bond acceptors (Lipinski definition) is 8. The predicted octanol–water partition coefficient (Wildman–Crippen LogP) is 2.24. The zero-order valence-corrected chi connectivity index (χ0v) is 16.3. The van der Waals surface area contributed by atoms with Crippen molar-refractivity contribution in [3.63, 3.8) is 0 Å². The summed E-state index contributed by atoms with van der Waals surface area (Å²) in [6.45, 7) is 3.97. The number of fused-ring (bicyclic) bond motifs is 1. The van der Waals surface area contributed by atoms with Crippen LogP contribution in [0.4, 0.5) is 17.5 Å². The maximum atomic E-state index is 11.8. The van der Waals surface area contributed by atoms with Crippen molar-refractivity contribution in [2.75, 3.05) is 10.6 Å². The summed E-state index contributed by atoms with van der Waals surface area (Å²) in [5, 5.41) is 6.02. The van der Waals surface area contributed by atoms with E-state index in [4.69, 9.17) is 11.5 Å². The van der Waals surface area contributed by atoms with Crippen molar-refractivity contribution in [3.05, 3.63) is 35.5 Å². The average molecular weight is 399 g/mol. The number of aromatic nitrogens is 3. The van der Waals surface area contributed by atoms with Crippen molar-refractivity contribution in [3.8, 4) is 0 Å². The van der Waals surface area contributed by atoms with E-state index in [2.05, 4.69) is 25.6 Å². The van der Waals surface area contributed by atoms with Crippen LogP contribution >= 0.6 is 11.3 Å². The highest BCUT2D eigenvalue weighted by molar-refractivity contribution is 7.16. The van der Waals surface area contributed by atoms with E-state index in [9.17, 15) is 9.59 Å². The fraction of sp³-hybridized carbons (Fsp3) is 0.278. The summed E-state index contributed by atoms with van der Waals surface area (Å²) in [7, 11) is 0. The van der Waals surface area contributed by atoms with Crippen molar-refractivity contribution in [1.29, 1.82) is 0 Å². The van der Waals surface area contributed by atoms with Crippen molar-refractivity contribution in [1.82, 2.24) is 15.0 Å². The second-order valence-electron chi connectivity index (χ2n) is 6.71. The molecule has 2 aromatic heterocycles. The van der Waals surface area contributed by atoms with Crippen molar-refractivity contribution < 1.29 is 9.59 Å². The number of rotatable bonds is 8. The Morgan fingerprint density at radius 2 is 2.00 bits per heavy atom. The highest BCUT2D eigenvalue weighted by atomic mass is 32.1. The first-order valence-electron chi connectivity index (χ1n) is 8.66. The number of amides is 2. The van der Waals surface area contributed by atoms with Crippen LogP contribution in [0.1, 0.15) is 30.6 Å². The topological polar surface area (TPSA) is 149 Å². The van der Waals surface area contributed by atoms with Gasteiger partial charge in [0.05, 0.1) is 15.7 Å². The Hall–Kier alpha value is -3.27. The van der Waals surface area contributed by atoms with E-state index in [1.807, 2.05) is 32.0 Å². The van der Waals surface area contributed by atoms with Gasteiger partial charge in [-0.3, -0.25) is 9.59 Å². The van der Waals surface area contributed by atoms with Crippen LogP contribution in [0.15, 0.2) is 29.9 Å². The van der Waals surface area contributed by atoms with Gasteiger partial charge in [-0.1, -0.05) is 13.8 Å². The first-order chi connectivity index (χ1) is 13.3. The van der Waals surface area contributed by atoms with Gasteiger partial charge in [-0.25, -0.2) is 9.97 Å². The molecule has 0 fully saturated rings. The molecule has 9 nitrogen and oxygen atoms in total. The lowest BCUT2D eigenvalue weighted by molar-refractivity contribution is -0.119. The van der Waals surface area contributed by atoms with E-state index in [-0.39, 0.29) is 23.2 Å². The highest BCUT2D eigenvalue weighted by Crippen LogP contribution is 2.25. The van der Waals surface area contributed by atoms with Crippen molar-refractivity contribution in [2.24, 2.45) is 17.4 Å². The Kier molecular flexibility index (Phi) is 5.69. The number of nitrogens with zero attached hydrogens (tertiary/aromatic N) is 3. The number of nitrogens with one attached hydrogen (secondary N) is 2. The summed E-state index contributed by atoms with van der Waals surface area (Å²) in [5.74, 6) is -0.501. The number of primary amides is 2. The molecule has 0 aliphatic carbocycles. The third-order valence-corrected chi connectivity index (χ3v) is 4.79. The molecule has 10 heteroatoms. The minimum atomic E-state index is -0.665. The van der Waals surface area contributed by atoms with Crippen LogP contribution in [0, 0.1) is 5.92 Å². The molecule has 1 aromatic carbocycles. The van der Waals surface area contributed by atoms with Crippen LogP contribution < -0.4 is 22.1 Å². The summed E-state index contributed by atoms with van der Waals surface area (Å²) in [4.78, 5) is 36.1. The van der Waals surface area contributed by atoms with Gasteiger partial charge in [0.2, 0.25) is 11.9 Å². The number of hydrogen-bond donors (Lipinski definition) is 4. The predicted molar refractivity (Wildman–Crippen MR) is 110 cm³/mol. The lowest BCUT2D eigenvalue weighted by atomic mass is 10.0. The normalized spacial score (nSPS) is 12.1. The van der Waals surface area contributed by atoms with Crippen molar-refractivity contribution in [2.45, 2.75) is 26.3 Å². The molecule has 0 aliphatic rings. The lowest BCUT2D eigenvalue weighted by Crippen LogP contribution is -2.37. The Balaban J connectivity index is 1.90. The van der Waals surface area contributed by atoms with Crippen LogP contribution in [-0.4, -0.2) is 32.8 Å². The van der Waals surface area contributed by atoms with E-state index in [0.29, 0.717) is 6.42 Å². The molecule has 3 aromatic rings. The second kappa shape index (κ2) is 8.17. The van der Waals surface area contributed by atoms with E-state index in [1.165, 1.54) is 17.5 Å². The van der Waals surface area contributed by atoms with Crippen LogP contribution in [0.25, 0.3) is 10.2 Å². The van der Waals surface area contributed by atoms with Gasteiger partial charge in [-0.15, -0.1) is 11.3 Å². The summed E-state index contributed by atoms with van der Waals surface area (Å²) < 4.78 is 0.990. The van der Waals surface area contributed by atoms with Gasteiger partial charge < -0.3 is 22.1 Å². The average Bonchev–Trinajstić information content (AvgIpc) is 3.08. The largest absolute Gasteiger partial charge is 0.368 e. The van der Waals surface area contributed by atoms with E-state index < -0.39 is 17.9 Å². The quantitative estimate of drug-likeness (QED) is 0.454. The molecule has 0 unspecified atom stereocenters. The van der Waals surface area contributed by atoms with Gasteiger partial charge in [-0.05, 0) is 30.5 Å². The fourth-order valence-electron chi connectivity index (χ4n) is 2.67. The maximum Gasteiger partial charge on any atom is 0.254 e. The summed E-state index contributed by atoms with van der Waals surface area (Å²) in [6, 6.07) is 4.97. The Morgan fingerprint density at radius 1 is 1.21 bits per heavy atom.